The first-order chi connectivity index (χ1) is 8.62. The molecule has 0 saturated heterocycles. The number of benzene rings is 1. The van der Waals surface area contributed by atoms with Crippen molar-refractivity contribution in [2.24, 2.45) is 5.73 Å². The average molecular weight is 248 g/mol. The SMILES string of the molecule is CCCC(C)(N)CN1CCCOc2ccccc21. The Morgan fingerprint density at radius 1 is 1.39 bits per heavy atom. The summed E-state index contributed by atoms with van der Waals surface area (Å²) in [6, 6.07) is 8.26. The molecule has 0 aliphatic carbocycles. The lowest BCUT2D eigenvalue weighted by Crippen LogP contribution is -2.48. The molecule has 2 N–H and O–H groups in total. The summed E-state index contributed by atoms with van der Waals surface area (Å²) in [5.74, 6) is 0.988. The summed E-state index contributed by atoms with van der Waals surface area (Å²) in [5.41, 5.74) is 7.43. The molecule has 0 saturated carbocycles. The van der Waals surface area contributed by atoms with E-state index in [1.54, 1.807) is 0 Å². The van der Waals surface area contributed by atoms with Crippen LogP contribution in [-0.2, 0) is 0 Å². The lowest BCUT2D eigenvalue weighted by atomic mass is 9.96. The standard InChI is InChI=1S/C15H24N2O/c1-3-9-15(2,16)12-17-10-6-11-18-14-8-5-4-7-13(14)17/h4-5,7-8H,3,6,9-12,16H2,1-2H3. The topological polar surface area (TPSA) is 38.5 Å². The first-order valence-corrected chi connectivity index (χ1v) is 6.88. The zero-order valence-electron chi connectivity index (χ0n) is 11.5. The van der Waals surface area contributed by atoms with Crippen molar-refractivity contribution in [3.8, 4) is 5.75 Å². The molecular formula is C15H24N2O. The summed E-state index contributed by atoms with van der Waals surface area (Å²) in [7, 11) is 0. The number of ether oxygens (including phenoxy) is 1. The molecule has 0 fully saturated rings. The fraction of sp³-hybridized carbons (Fsp3) is 0.600. The third kappa shape index (κ3) is 3.16. The molecule has 0 amide bonds. The minimum absolute atomic E-state index is 0.133. The molecule has 1 aliphatic rings. The molecule has 0 bridgehead atoms. The van der Waals surface area contributed by atoms with Gasteiger partial charge in [-0.3, -0.25) is 0 Å². The average Bonchev–Trinajstić information content (AvgIpc) is 2.52. The number of hydrogen-bond acceptors (Lipinski definition) is 3. The smallest absolute Gasteiger partial charge is 0.142 e. The van der Waals surface area contributed by atoms with Crippen LogP contribution in [0.2, 0.25) is 0 Å². The molecule has 18 heavy (non-hydrogen) atoms. The van der Waals surface area contributed by atoms with E-state index in [0.29, 0.717) is 0 Å². The van der Waals surface area contributed by atoms with Crippen molar-refractivity contribution < 1.29 is 4.74 Å². The molecular weight excluding hydrogens is 224 g/mol. The van der Waals surface area contributed by atoms with Gasteiger partial charge in [-0.2, -0.15) is 0 Å². The van der Waals surface area contributed by atoms with Crippen molar-refractivity contribution in [3.05, 3.63) is 24.3 Å². The van der Waals surface area contributed by atoms with E-state index < -0.39 is 0 Å². The summed E-state index contributed by atoms with van der Waals surface area (Å²) in [6.45, 7) is 7.03. The predicted octanol–water partition coefficient (Wildman–Crippen LogP) is 2.79. The number of nitrogens with two attached hydrogens (primary N) is 1. The van der Waals surface area contributed by atoms with Crippen LogP contribution in [0.15, 0.2) is 24.3 Å². The molecule has 1 heterocycles. The predicted molar refractivity (Wildman–Crippen MR) is 76.3 cm³/mol. The van der Waals surface area contributed by atoms with E-state index in [4.69, 9.17) is 10.5 Å². The number of fused-ring (bicyclic) bond motifs is 1. The van der Waals surface area contributed by atoms with Gasteiger partial charge in [0, 0.05) is 18.6 Å². The number of para-hydroxylation sites is 2. The Balaban J connectivity index is 2.17. The van der Waals surface area contributed by atoms with Crippen LogP contribution in [0.5, 0.6) is 5.75 Å². The van der Waals surface area contributed by atoms with Gasteiger partial charge in [-0.25, -0.2) is 0 Å². The third-order valence-corrected chi connectivity index (χ3v) is 3.41. The van der Waals surface area contributed by atoms with Crippen molar-refractivity contribution in [3.63, 3.8) is 0 Å². The molecule has 2 rings (SSSR count). The van der Waals surface area contributed by atoms with E-state index in [1.165, 1.54) is 5.69 Å². The van der Waals surface area contributed by atoms with Crippen molar-refractivity contribution in [2.75, 3.05) is 24.6 Å². The summed E-state index contributed by atoms with van der Waals surface area (Å²) in [6.07, 6.45) is 3.22. The Morgan fingerprint density at radius 2 is 2.17 bits per heavy atom. The van der Waals surface area contributed by atoms with Gasteiger partial charge in [0.1, 0.15) is 5.75 Å². The molecule has 0 radical (unpaired) electrons. The van der Waals surface area contributed by atoms with Gasteiger partial charge in [-0.15, -0.1) is 0 Å². The monoisotopic (exact) mass is 248 g/mol. The van der Waals surface area contributed by atoms with Gasteiger partial charge in [0.2, 0.25) is 0 Å². The molecule has 3 heteroatoms. The second-order valence-electron chi connectivity index (χ2n) is 5.50. The molecule has 0 spiro atoms. The molecule has 1 atom stereocenters. The van der Waals surface area contributed by atoms with Gasteiger partial charge >= 0.3 is 0 Å². The number of nitrogens with zero attached hydrogens (tertiary/aromatic N) is 1. The molecule has 1 unspecified atom stereocenters. The summed E-state index contributed by atoms with van der Waals surface area (Å²) >= 11 is 0. The van der Waals surface area contributed by atoms with Crippen molar-refractivity contribution >= 4 is 5.69 Å². The highest BCUT2D eigenvalue weighted by molar-refractivity contribution is 5.59. The Hall–Kier alpha value is -1.22. The van der Waals surface area contributed by atoms with Crippen molar-refractivity contribution in [2.45, 2.75) is 38.6 Å². The van der Waals surface area contributed by atoms with Crippen molar-refractivity contribution in [1.82, 2.24) is 0 Å². The zero-order chi connectivity index (χ0) is 13.0. The van der Waals surface area contributed by atoms with Gasteiger partial charge in [-0.1, -0.05) is 25.5 Å². The molecule has 0 aromatic heterocycles. The largest absolute Gasteiger partial charge is 0.491 e. The molecule has 1 aliphatic heterocycles. The first-order valence-electron chi connectivity index (χ1n) is 6.88. The maximum atomic E-state index is 6.38. The van der Waals surface area contributed by atoms with Gasteiger partial charge in [0.15, 0.2) is 0 Å². The van der Waals surface area contributed by atoms with Crippen LogP contribution >= 0.6 is 0 Å². The minimum Gasteiger partial charge on any atom is -0.491 e. The van der Waals surface area contributed by atoms with E-state index in [0.717, 1.165) is 44.7 Å². The molecule has 1 aromatic rings. The summed E-state index contributed by atoms with van der Waals surface area (Å²) < 4.78 is 5.77. The van der Waals surface area contributed by atoms with E-state index >= 15 is 0 Å². The van der Waals surface area contributed by atoms with Gasteiger partial charge in [-0.05, 0) is 31.9 Å². The summed E-state index contributed by atoms with van der Waals surface area (Å²) in [4.78, 5) is 2.37. The number of rotatable bonds is 4. The quantitative estimate of drug-likeness (QED) is 0.890. The third-order valence-electron chi connectivity index (χ3n) is 3.41. The minimum atomic E-state index is -0.133. The Morgan fingerprint density at radius 3 is 2.94 bits per heavy atom. The van der Waals surface area contributed by atoms with Crippen LogP contribution < -0.4 is 15.4 Å². The van der Waals surface area contributed by atoms with Gasteiger partial charge in [0.25, 0.3) is 0 Å². The van der Waals surface area contributed by atoms with E-state index in [-0.39, 0.29) is 5.54 Å². The molecule has 3 nitrogen and oxygen atoms in total. The second kappa shape index (κ2) is 5.61. The highest BCUT2D eigenvalue weighted by atomic mass is 16.5. The fourth-order valence-electron chi connectivity index (χ4n) is 2.65. The second-order valence-corrected chi connectivity index (χ2v) is 5.50. The van der Waals surface area contributed by atoms with Crippen molar-refractivity contribution in [1.29, 1.82) is 0 Å². The van der Waals surface area contributed by atoms with Crippen LogP contribution in [0.1, 0.15) is 33.1 Å². The van der Waals surface area contributed by atoms with Crippen LogP contribution in [0.4, 0.5) is 5.69 Å². The van der Waals surface area contributed by atoms with Gasteiger partial charge in [0.05, 0.1) is 12.3 Å². The zero-order valence-corrected chi connectivity index (χ0v) is 11.5. The Labute approximate surface area is 110 Å². The van der Waals surface area contributed by atoms with Gasteiger partial charge < -0.3 is 15.4 Å². The highest BCUT2D eigenvalue weighted by Crippen LogP contribution is 2.31. The lowest BCUT2D eigenvalue weighted by molar-refractivity contribution is 0.322. The van der Waals surface area contributed by atoms with Crippen LogP contribution in [0.3, 0.4) is 0 Å². The molecule has 100 valence electrons. The first kappa shape index (κ1) is 13.2. The van der Waals surface area contributed by atoms with Crippen LogP contribution in [0.25, 0.3) is 0 Å². The Kier molecular flexibility index (Phi) is 4.12. The summed E-state index contributed by atoms with van der Waals surface area (Å²) in [5, 5.41) is 0. The number of hydrogen-bond donors (Lipinski definition) is 1. The lowest BCUT2D eigenvalue weighted by Gasteiger charge is -2.33. The fourth-order valence-corrected chi connectivity index (χ4v) is 2.65. The van der Waals surface area contributed by atoms with Crippen LogP contribution in [-0.4, -0.2) is 25.2 Å². The number of anilines is 1. The van der Waals surface area contributed by atoms with E-state index in [9.17, 15) is 0 Å². The maximum absolute atomic E-state index is 6.38. The highest BCUT2D eigenvalue weighted by Gasteiger charge is 2.24. The maximum Gasteiger partial charge on any atom is 0.142 e. The normalized spacial score (nSPS) is 18.5. The molecule has 1 aromatic carbocycles. The van der Waals surface area contributed by atoms with E-state index in [2.05, 4.69) is 30.9 Å². The Bertz CT molecular complexity index is 390. The van der Waals surface area contributed by atoms with Crippen LogP contribution in [0, 0.1) is 0 Å². The van der Waals surface area contributed by atoms with E-state index in [1.807, 2.05) is 12.1 Å².